The van der Waals surface area contributed by atoms with E-state index in [0.717, 1.165) is 6.26 Å². The van der Waals surface area contributed by atoms with Crippen molar-refractivity contribution in [3.63, 3.8) is 0 Å². The minimum absolute atomic E-state index is 0.0303. The molecule has 1 atom stereocenters. The molecule has 1 aromatic carbocycles. The first-order chi connectivity index (χ1) is 10.1. The van der Waals surface area contributed by atoms with E-state index in [0.29, 0.717) is 6.42 Å². The van der Waals surface area contributed by atoms with Crippen molar-refractivity contribution < 1.29 is 23.4 Å². The molecule has 0 saturated heterocycles. The van der Waals surface area contributed by atoms with Crippen LogP contribution in [0.15, 0.2) is 18.2 Å². The molecule has 1 rings (SSSR count). The minimum atomic E-state index is -3.47. The van der Waals surface area contributed by atoms with E-state index in [1.165, 1.54) is 18.2 Å². The molecular formula is C14H22N2O5S. The van der Waals surface area contributed by atoms with E-state index >= 15 is 0 Å². The molecular weight excluding hydrogens is 308 g/mol. The maximum absolute atomic E-state index is 12.2. The van der Waals surface area contributed by atoms with Crippen molar-refractivity contribution in [2.24, 2.45) is 5.92 Å². The van der Waals surface area contributed by atoms with E-state index in [-0.39, 0.29) is 35.6 Å². The van der Waals surface area contributed by atoms with Gasteiger partial charge in [-0.3, -0.25) is 9.52 Å². The van der Waals surface area contributed by atoms with E-state index in [1.54, 1.807) is 0 Å². The predicted octanol–water partition coefficient (Wildman–Crippen LogP) is 0.900. The number of benzene rings is 1. The second-order valence-corrected chi connectivity index (χ2v) is 7.19. The second kappa shape index (κ2) is 7.46. The number of nitrogens with one attached hydrogen (secondary N) is 2. The number of phenols is 1. The highest BCUT2D eigenvalue weighted by molar-refractivity contribution is 7.92. The Labute approximate surface area is 130 Å². The van der Waals surface area contributed by atoms with Crippen LogP contribution in [0.4, 0.5) is 5.69 Å². The van der Waals surface area contributed by atoms with Gasteiger partial charge in [-0.1, -0.05) is 13.8 Å². The number of sulfonamides is 1. The van der Waals surface area contributed by atoms with Crippen LogP contribution in [0.3, 0.4) is 0 Å². The lowest BCUT2D eigenvalue weighted by Gasteiger charge is -2.22. The molecule has 0 aromatic heterocycles. The smallest absolute Gasteiger partial charge is 0.255 e. The van der Waals surface area contributed by atoms with Gasteiger partial charge in [0.2, 0.25) is 10.0 Å². The van der Waals surface area contributed by atoms with Crippen LogP contribution in [0.1, 0.15) is 30.6 Å². The van der Waals surface area contributed by atoms with E-state index in [2.05, 4.69) is 10.0 Å². The number of rotatable bonds is 7. The van der Waals surface area contributed by atoms with Crippen molar-refractivity contribution in [3.8, 4) is 5.75 Å². The SMILES string of the molecule is CC(C)C(CCO)NC(=O)c1cc(NS(C)(=O)=O)ccc1O. The Bertz CT molecular complexity index is 628. The summed E-state index contributed by atoms with van der Waals surface area (Å²) in [7, 11) is -3.47. The topological polar surface area (TPSA) is 116 Å². The molecule has 0 aliphatic rings. The number of carbonyl (C=O) groups is 1. The molecule has 1 unspecified atom stereocenters. The van der Waals surface area contributed by atoms with Crippen LogP contribution in [0, 0.1) is 5.92 Å². The van der Waals surface area contributed by atoms with Gasteiger partial charge >= 0.3 is 0 Å². The minimum Gasteiger partial charge on any atom is -0.507 e. The number of phenolic OH excluding ortho intramolecular Hbond substituents is 1. The third-order valence-electron chi connectivity index (χ3n) is 3.11. The summed E-state index contributed by atoms with van der Waals surface area (Å²) in [6, 6.07) is 3.63. The maximum Gasteiger partial charge on any atom is 0.255 e. The number of hydrogen-bond donors (Lipinski definition) is 4. The summed E-state index contributed by atoms with van der Waals surface area (Å²) in [5, 5.41) is 21.5. The van der Waals surface area contributed by atoms with Gasteiger partial charge in [-0.2, -0.15) is 0 Å². The molecule has 0 heterocycles. The van der Waals surface area contributed by atoms with Gasteiger partial charge in [0.1, 0.15) is 5.75 Å². The first-order valence-corrected chi connectivity index (χ1v) is 8.75. The van der Waals surface area contributed by atoms with Gasteiger partial charge in [0.25, 0.3) is 5.91 Å². The van der Waals surface area contributed by atoms with Crippen LogP contribution >= 0.6 is 0 Å². The number of aliphatic hydroxyl groups is 1. The number of anilines is 1. The summed E-state index contributed by atoms with van der Waals surface area (Å²) in [6.45, 7) is 3.75. The molecule has 1 amide bonds. The van der Waals surface area contributed by atoms with Crippen molar-refractivity contribution in [3.05, 3.63) is 23.8 Å². The van der Waals surface area contributed by atoms with E-state index in [9.17, 15) is 18.3 Å². The standard InChI is InChI=1S/C14H22N2O5S/c1-9(2)12(6-7-17)15-14(19)11-8-10(4-5-13(11)18)16-22(3,20)21/h4-5,8-9,12,16-18H,6-7H2,1-3H3,(H,15,19). The van der Waals surface area contributed by atoms with Crippen molar-refractivity contribution in [1.82, 2.24) is 5.32 Å². The normalized spacial score (nSPS) is 13.0. The molecule has 0 radical (unpaired) electrons. The van der Waals surface area contributed by atoms with Crippen molar-refractivity contribution in [1.29, 1.82) is 0 Å². The fourth-order valence-electron chi connectivity index (χ4n) is 1.95. The lowest BCUT2D eigenvalue weighted by Crippen LogP contribution is -2.39. The maximum atomic E-state index is 12.2. The molecule has 0 fully saturated rings. The fraction of sp³-hybridized carbons (Fsp3) is 0.500. The molecule has 0 aliphatic heterocycles. The molecule has 8 heteroatoms. The summed E-state index contributed by atoms with van der Waals surface area (Å²) >= 11 is 0. The third-order valence-corrected chi connectivity index (χ3v) is 3.71. The van der Waals surface area contributed by atoms with Crippen molar-refractivity contribution in [2.75, 3.05) is 17.6 Å². The van der Waals surface area contributed by atoms with Crippen LogP contribution in [0.5, 0.6) is 5.75 Å². The quantitative estimate of drug-likeness (QED) is 0.554. The molecule has 22 heavy (non-hydrogen) atoms. The highest BCUT2D eigenvalue weighted by Crippen LogP contribution is 2.22. The zero-order valence-electron chi connectivity index (χ0n) is 12.8. The Balaban J connectivity index is 2.99. The van der Waals surface area contributed by atoms with Gasteiger partial charge < -0.3 is 15.5 Å². The summed E-state index contributed by atoms with van der Waals surface area (Å²) in [5.41, 5.74) is 0.158. The molecule has 124 valence electrons. The van der Waals surface area contributed by atoms with E-state index in [1.807, 2.05) is 13.8 Å². The first kappa shape index (κ1) is 18.2. The first-order valence-electron chi connectivity index (χ1n) is 6.86. The van der Waals surface area contributed by atoms with Gasteiger partial charge in [0, 0.05) is 18.3 Å². The molecule has 7 nitrogen and oxygen atoms in total. The number of aromatic hydroxyl groups is 1. The zero-order valence-corrected chi connectivity index (χ0v) is 13.6. The van der Waals surface area contributed by atoms with Crippen LogP contribution in [0.25, 0.3) is 0 Å². The monoisotopic (exact) mass is 330 g/mol. The summed E-state index contributed by atoms with van der Waals surface area (Å²) < 4.78 is 24.7. The number of amides is 1. The molecule has 0 bridgehead atoms. The van der Waals surface area contributed by atoms with Gasteiger partial charge in [-0.25, -0.2) is 8.42 Å². The Morgan fingerprint density at radius 3 is 2.45 bits per heavy atom. The number of aliphatic hydroxyl groups excluding tert-OH is 1. The largest absolute Gasteiger partial charge is 0.507 e. The summed E-state index contributed by atoms with van der Waals surface area (Å²) in [5.74, 6) is -0.666. The van der Waals surface area contributed by atoms with Gasteiger partial charge in [0.05, 0.1) is 11.8 Å². The highest BCUT2D eigenvalue weighted by atomic mass is 32.2. The van der Waals surface area contributed by atoms with Crippen LogP contribution in [-0.4, -0.2) is 43.4 Å². The average molecular weight is 330 g/mol. The van der Waals surface area contributed by atoms with Gasteiger partial charge in [-0.15, -0.1) is 0 Å². The summed E-state index contributed by atoms with van der Waals surface area (Å²) in [4.78, 5) is 12.2. The Hall–Kier alpha value is -1.80. The lowest BCUT2D eigenvalue weighted by molar-refractivity contribution is 0.0914. The van der Waals surface area contributed by atoms with Crippen LogP contribution in [-0.2, 0) is 10.0 Å². The van der Waals surface area contributed by atoms with Crippen LogP contribution in [0.2, 0.25) is 0 Å². The Kier molecular flexibility index (Phi) is 6.19. The number of carbonyl (C=O) groups excluding carboxylic acids is 1. The van der Waals surface area contributed by atoms with Gasteiger partial charge in [0.15, 0.2) is 0 Å². The molecule has 4 N–H and O–H groups in total. The third kappa shape index (κ3) is 5.53. The molecule has 0 spiro atoms. The lowest BCUT2D eigenvalue weighted by atomic mass is 10.0. The fourth-order valence-corrected chi connectivity index (χ4v) is 2.51. The Morgan fingerprint density at radius 1 is 1.32 bits per heavy atom. The van der Waals surface area contributed by atoms with Crippen molar-refractivity contribution >= 4 is 21.6 Å². The van der Waals surface area contributed by atoms with E-state index in [4.69, 9.17) is 5.11 Å². The molecule has 0 aliphatic carbocycles. The number of hydrogen-bond acceptors (Lipinski definition) is 5. The van der Waals surface area contributed by atoms with Gasteiger partial charge in [-0.05, 0) is 30.5 Å². The molecule has 0 saturated carbocycles. The van der Waals surface area contributed by atoms with Crippen molar-refractivity contribution in [2.45, 2.75) is 26.3 Å². The Morgan fingerprint density at radius 2 is 1.95 bits per heavy atom. The summed E-state index contributed by atoms with van der Waals surface area (Å²) in [6.07, 6.45) is 1.39. The highest BCUT2D eigenvalue weighted by Gasteiger charge is 2.19. The second-order valence-electron chi connectivity index (χ2n) is 5.44. The molecule has 1 aromatic rings. The zero-order chi connectivity index (χ0) is 16.9. The van der Waals surface area contributed by atoms with E-state index < -0.39 is 15.9 Å². The average Bonchev–Trinajstić information content (AvgIpc) is 2.38. The van der Waals surface area contributed by atoms with Crippen LogP contribution < -0.4 is 10.0 Å². The predicted molar refractivity (Wildman–Crippen MR) is 84.4 cm³/mol.